The van der Waals surface area contributed by atoms with Crippen LogP contribution in [0.4, 0.5) is 0 Å². The molecule has 0 radical (unpaired) electrons. The summed E-state index contributed by atoms with van der Waals surface area (Å²) in [5.74, 6) is 0.115. The quantitative estimate of drug-likeness (QED) is 0.527. The molecule has 0 aliphatic carbocycles. The molecule has 2 rings (SSSR count). The van der Waals surface area contributed by atoms with E-state index in [4.69, 9.17) is 4.74 Å². The van der Waals surface area contributed by atoms with Crippen LogP contribution in [-0.4, -0.2) is 55.2 Å². The van der Waals surface area contributed by atoms with Crippen molar-refractivity contribution in [3.63, 3.8) is 0 Å². The van der Waals surface area contributed by atoms with Crippen LogP contribution in [0.25, 0.3) is 0 Å². The zero-order valence-corrected chi connectivity index (χ0v) is 8.25. The maximum absolute atomic E-state index is 11.3. The fourth-order valence-corrected chi connectivity index (χ4v) is 2.06. The number of rotatable bonds is 0. The predicted octanol–water partition coefficient (Wildman–Crippen LogP) is -0.103. The highest BCUT2D eigenvalue weighted by Gasteiger charge is 2.45. The van der Waals surface area contributed by atoms with Gasteiger partial charge in [-0.25, -0.2) is 0 Å². The topological polar surface area (TPSA) is 32.8 Å². The molecule has 0 unspecified atom stereocenters. The highest BCUT2D eigenvalue weighted by molar-refractivity contribution is 5.79. The lowest BCUT2D eigenvalue weighted by atomic mass is 10.00. The Labute approximate surface area is 78.4 Å². The van der Waals surface area contributed by atoms with Gasteiger partial charge in [0, 0.05) is 33.0 Å². The van der Waals surface area contributed by atoms with Crippen molar-refractivity contribution in [2.75, 3.05) is 33.8 Å². The lowest BCUT2D eigenvalue weighted by Gasteiger charge is -2.40. The van der Waals surface area contributed by atoms with E-state index in [0.717, 1.165) is 25.9 Å². The Bertz CT molecular complexity index is 222. The van der Waals surface area contributed by atoms with Crippen LogP contribution in [0, 0.1) is 0 Å². The molecular weight excluding hydrogens is 168 g/mol. The average Bonchev–Trinajstić information content (AvgIpc) is 2.40. The number of hydrogen-bond donors (Lipinski definition) is 0. The first-order valence-corrected chi connectivity index (χ1v) is 4.73. The second kappa shape index (κ2) is 2.96. The molecule has 13 heavy (non-hydrogen) atoms. The first-order chi connectivity index (χ1) is 6.14. The van der Waals surface area contributed by atoms with Gasteiger partial charge >= 0.3 is 0 Å². The minimum Gasteiger partial charge on any atom is -0.346 e. The molecule has 0 aromatic rings. The molecule has 4 heteroatoms. The number of carbonyl (C=O) groups is 1. The maximum Gasteiger partial charge on any atom is 0.250 e. The number of piperidine rings is 1. The van der Waals surface area contributed by atoms with Gasteiger partial charge in [0.05, 0.1) is 0 Å². The van der Waals surface area contributed by atoms with Crippen molar-refractivity contribution in [2.24, 2.45) is 0 Å². The Kier molecular flexibility index (Phi) is 2.04. The van der Waals surface area contributed by atoms with Crippen LogP contribution in [0.1, 0.15) is 12.8 Å². The summed E-state index contributed by atoms with van der Waals surface area (Å²) in [5.41, 5.74) is -0.274. The van der Waals surface area contributed by atoms with Crippen molar-refractivity contribution in [3.8, 4) is 0 Å². The van der Waals surface area contributed by atoms with Gasteiger partial charge in [0.15, 0.2) is 0 Å². The highest BCUT2D eigenvalue weighted by Crippen LogP contribution is 2.32. The molecule has 0 aromatic carbocycles. The Morgan fingerprint density at radius 1 is 1.31 bits per heavy atom. The number of ether oxygens (including phenoxy) is 1. The van der Waals surface area contributed by atoms with Crippen LogP contribution in [0.15, 0.2) is 0 Å². The van der Waals surface area contributed by atoms with Crippen molar-refractivity contribution in [1.29, 1.82) is 0 Å². The van der Waals surface area contributed by atoms with E-state index in [0.29, 0.717) is 0 Å². The number of amides is 1. The highest BCUT2D eigenvalue weighted by atomic mass is 16.5. The molecule has 0 bridgehead atoms. The van der Waals surface area contributed by atoms with E-state index in [1.54, 1.807) is 4.90 Å². The van der Waals surface area contributed by atoms with Crippen molar-refractivity contribution in [2.45, 2.75) is 18.6 Å². The molecule has 0 N–H and O–H groups in total. The molecule has 2 aliphatic rings. The molecule has 2 heterocycles. The standard InChI is InChI=1S/C9H16N2O2/c1-10-5-3-9(4-6-10)11(2)8(12)7-13-9/h3-7H2,1-2H3. The SMILES string of the molecule is CN1CCC2(CC1)OCC(=O)N2C. The Morgan fingerprint density at radius 2 is 1.92 bits per heavy atom. The number of nitrogens with zero attached hydrogens (tertiary/aromatic N) is 2. The van der Waals surface area contributed by atoms with Gasteiger partial charge < -0.3 is 14.5 Å². The van der Waals surface area contributed by atoms with E-state index in [-0.39, 0.29) is 18.2 Å². The summed E-state index contributed by atoms with van der Waals surface area (Å²) >= 11 is 0. The summed E-state index contributed by atoms with van der Waals surface area (Å²) in [6.07, 6.45) is 1.87. The van der Waals surface area contributed by atoms with E-state index in [1.807, 2.05) is 7.05 Å². The first kappa shape index (κ1) is 8.97. The summed E-state index contributed by atoms with van der Waals surface area (Å²) in [7, 11) is 3.95. The number of likely N-dealkylation sites (N-methyl/N-ethyl adjacent to an activating group) is 1. The van der Waals surface area contributed by atoms with Crippen LogP contribution in [0.3, 0.4) is 0 Å². The smallest absolute Gasteiger partial charge is 0.250 e. The fourth-order valence-electron chi connectivity index (χ4n) is 2.06. The third-order valence-corrected chi connectivity index (χ3v) is 3.22. The minimum atomic E-state index is -0.274. The number of carbonyl (C=O) groups excluding carboxylic acids is 1. The Balaban J connectivity index is 2.09. The zero-order chi connectivity index (χ0) is 9.47. The number of hydrogen-bond acceptors (Lipinski definition) is 3. The van der Waals surface area contributed by atoms with Crippen molar-refractivity contribution >= 4 is 5.91 Å². The predicted molar refractivity (Wildman–Crippen MR) is 48.2 cm³/mol. The molecule has 2 aliphatic heterocycles. The van der Waals surface area contributed by atoms with Crippen LogP contribution in [-0.2, 0) is 9.53 Å². The molecular formula is C9H16N2O2. The largest absolute Gasteiger partial charge is 0.346 e. The Morgan fingerprint density at radius 3 is 2.38 bits per heavy atom. The van der Waals surface area contributed by atoms with Crippen molar-refractivity contribution in [3.05, 3.63) is 0 Å². The summed E-state index contributed by atoms with van der Waals surface area (Å²) in [6, 6.07) is 0. The maximum atomic E-state index is 11.3. The van der Waals surface area contributed by atoms with Gasteiger partial charge in [-0.1, -0.05) is 0 Å². The van der Waals surface area contributed by atoms with Gasteiger partial charge in [-0.05, 0) is 7.05 Å². The summed E-state index contributed by atoms with van der Waals surface area (Å²) in [4.78, 5) is 15.4. The summed E-state index contributed by atoms with van der Waals surface area (Å²) in [5, 5.41) is 0. The molecule has 1 amide bonds. The molecule has 0 atom stereocenters. The molecule has 2 fully saturated rings. The van der Waals surface area contributed by atoms with E-state index >= 15 is 0 Å². The van der Waals surface area contributed by atoms with E-state index in [1.165, 1.54) is 0 Å². The van der Waals surface area contributed by atoms with Crippen LogP contribution in [0.5, 0.6) is 0 Å². The van der Waals surface area contributed by atoms with E-state index in [2.05, 4.69) is 11.9 Å². The lowest BCUT2D eigenvalue weighted by molar-refractivity contribution is -0.135. The lowest BCUT2D eigenvalue weighted by Crippen LogP contribution is -2.51. The van der Waals surface area contributed by atoms with Crippen molar-refractivity contribution in [1.82, 2.24) is 9.80 Å². The summed E-state index contributed by atoms with van der Waals surface area (Å²) < 4.78 is 5.60. The van der Waals surface area contributed by atoms with Crippen molar-refractivity contribution < 1.29 is 9.53 Å². The van der Waals surface area contributed by atoms with Gasteiger partial charge in [-0.15, -0.1) is 0 Å². The van der Waals surface area contributed by atoms with Crippen LogP contribution < -0.4 is 0 Å². The van der Waals surface area contributed by atoms with Crippen LogP contribution >= 0.6 is 0 Å². The second-order valence-electron chi connectivity index (χ2n) is 3.99. The molecule has 74 valence electrons. The fraction of sp³-hybridized carbons (Fsp3) is 0.889. The molecule has 0 aromatic heterocycles. The molecule has 4 nitrogen and oxygen atoms in total. The minimum absolute atomic E-state index is 0.115. The van der Waals surface area contributed by atoms with Crippen LogP contribution in [0.2, 0.25) is 0 Å². The summed E-state index contributed by atoms with van der Waals surface area (Å²) in [6.45, 7) is 2.29. The van der Waals surface area contributed by atoms with Gasteiger partial charge in [-0.3, -0.25) is 4.79 Å². The van der Waals surface area contributed by atoms with E-state index < -0.39 is 0 Å². The third-order valence-electron chi connectivity index (χ3n) is 3.22. The second-order valence-corrected chi connectivity index (χ2v) is 3.99. The van der Waals surface area contributed by atoms with Gasteiger partial charge in [0.25, 0.3) is 5.91 Å². The van der Waals surface area contributed by atoms with Gasteiger partial charge in [0.1, 0.15) is 12.3 Å². The Hall–Kier alpha value is -0.610. The normalized spacial score (nSPS) is 28.8. The van der Waals surface area contributed by atoms with Gasteiger partial charge in [0.2, 0.25) is 0 Å². The molecule has 1 spiro atoms. The van der Waals surface area contributed by atoms with Gasteiger partial charge in [-0.2, -0.15) is 0 Å². The average molecular weight is 184 g/mol. The zero-order valence-electron chi connectivity index (χ0n) is 8.25. The third kappa shape index (κ3) is 1.34. The monoisotopic (exact) mass is 184 g/mol. The number of likely N-dealkylation sites (tertiary alicyclic amines) is 1. The molecule has 2 saturated heterocycles. The first-order valence-electron chi connectivity index (χ1n) is 4.73. The van der Waals surface area contributed by atoms with E-state index in [9.17, 15) is 4.79 Å². The molecule has 0 saturated carbocycles.